The van der Waals surface area contributed by atoms with Crippen LogP contribution in [-0.4, -0.2) is 181 Å². The molecule has 8 amide bonds. The predicted molar refractivity (Wildman–Crippen MR) is 401 cm³/mol. The number of Topliss-reactive ketones (excluding diaryl/α,β-unsaturated/α-hetero) is 3. The average molecular weight is 1470 g/mol. The number of ketones is 3. The van der Waals surface area contributed by atoms with Crippen molar-refractivity contribution in [2.45, 2.75) is 201 Å². The summed E-state index contributed by atoms with van der Waals surface area (Å²) in [7, 11) is 6.21. The van der Waals surface area contributed by atoms with Crippen molar-refractivity contribution >= 4 is 70.9 Å². The fourth-order valence-corrected chi connectivity index (χ4v) is 14.9. The van der Waals surface area contributed by atoms with Crippen molar-refractivity contribution in [3.8, 4) is 11.1 Å². The Hall–Kier alpha value is -9.07. The van der Waals surface area contributed by atoms with Gasteiger partial charge in [-0.05, 0) is 107 Å². The number of nitrogens with one attached hydrogen (secondary N) is 4. The molecule has 106 heavy (non-hydrogen) atoms. The SMILES string of the molecule is CC[C@H](C)[C@@H]([C@@H](CC(=O)N1CCC[C@H]1[C@H](OC)[C@@H](C)C(=O)C[C@H](C)[C@@H](O)c1ccccc1)OC)N(C)C(=O)[C@@H](CC(=O)[C@H](C(C)C)N(C)C(=O)OCc1ccc(NC(=O)[C@H](CCCNC(N)=O)CC(=O)[C@@H](NC(=O)CC[C@H](NC(=O)OCC2c3ccccc3-c3ccccc32)C(=O)O)C(C)C)cc1)C(C)C. The molecule has 1 heterocycles. The van der Waals surface area contributed by atoms with Crippen molar-refractivity contribution in [1.29, 1.82) is 0 Å². The molecular formula is C81H114N8O17. The van der Waals surface area contributed by atoms with Gasteiger partial charge in [-0.3, -0.25) is 33.6 Å². The fourth-order valence-electron chi connectivity index (χ4n) is 14.9. The maximum atomic E-state index is 14.9. The number of aliphatic hydroxyl groups is 1. The van der Waals surface area contributed by atoms with Gasteiger partial charge in [0.1, 0.15) is 25.0 Å². The number of nitrogens with zero attached hydrogens (tertiary/aromatic N) is 3. The van der Waals surface area contributed by atoms with Gasteiger partial charge in [-0.1, -0.05) is 167 Å². The Morgan fingerprint density at radius 3 is 1.86 bits per heavy atom. The third-order valence-electron chi connectivity index (χ3n) is 21.1. The van der Waals surface area contributed by atoms with Crippen LogP contribution < -0.4 is 27.0 Å². The molecule has 0 radical (unpaired) electrons. The molecule has 2 aliphatic rings. The number of likely N-dealkylation sites (tertiary alicyclic amines) is 1. The molecule has 1 aliphatic carbocycles. The summed E-state index contributed by atoms with van der Waals surface area (Å²) in [6.07, 6.45) is -2.81. The second kappa shape index (κ2) is 41.2. The Morgan fingerprint density at radius 2 is 1.29 bits per heavy atom. The first-order valence-electron chi connectivity index (χ1n) is 37.2. The maximum Gasteiger partial charge on any atom is 0.410 e. The molecule has 1 saturated heterocycles. The molecule has 1 aliphatic heterocycles. The summed E-state index contributed by atoms with van der Waals surface area (Å²) in [5, 5.41) is 31.5. The van der Waals surface area contributed by atoms with Crippen molar-refractivity contribution in [3.05, 3.63) is 125 Å². The van der Waals surface area contributed by atoms with Gasteiger partial charge < -0.3 is 70.9 Å². The molecule has 0 bridgehead atoms. The quantitative estimate of drug-likeness (QED) is 0.0203. The molecule has 4 aromatic carbocycles. The smallest absolute Gasteiger partial charge is 0.410 e. The zero-order valence-electron chi connectivity index (χ0n) is 64.2. The lowest BCUT2D eigenvalue weighted by molar-refractivity contribution is -0.149. The molecular weight excluding hydrogens is 1360 g/mol. The van der Waals surface area contributed by atoms with Gasteiger partial charge in [-0.15, -0.1) is 0 Å². The number of fused-ring (bicyclic) bond motifs is 3. The van der Waals surface area contributed by atoms with E-state index in [1.54, 1.807) is 75.9 Å². The van der Waals surface area contributed by atoms with Gasteiger partial charge >= 0.3 is 24.2 Å². The van der Waals surface area contributed by atoms with Crippen LogP contribution in [0, 0.1) is 47.3 Å². The van der Waals surface area contributed by atoms with Crippen LogP contribution in [0.4, 0.5) is 20.1 Å². The van der Waals surface area contributed by atoms with E-state index in [-0.39, 0.29) is 118 Å². The summed E-state index contributed by atoms with van der Waals surface area (Å²) >= 11 is 0. The number of aliphatic hydroxyl groups excluding tert-OH is 1. The van der Waals surface area contributed by atoms with Crippen molar-refractivity contribution in [1.82, 2.24) is 30.7 Å². The summed E-state index contributed by atoms with van der Waals surface area (Å²) in [6, 6.07) is 25.8. The zero-order chi connectivity index (χ0) is 78.2. The molecule has 25 nitrogen and oxygen atoms in total. The molecule has 13 atom stereocenters. The number of anilines is 1. The lowest BCUT2D eigenvalue weighted by Crippen LogP contribution is -2.54. The third-order valence-corrected chi connectivity index (χ3v) is 21.1. The van der Waals surface area contributed by atoms with Crippen molar-refractivity contribution < 1.29 is 81.9 Å². The first-order chi connectivity index (χ1) is 50.3. The summed E-state index contributed by atoms with van der Waals surface area (Å²) in [5.74, 6) is -8.35. The molecule has 0 aromatic heterocycles. The molecule has 580 valence electrons. The van der Waals surface area contributed by atoms with Crippen LogP contribution in [0.1, 0.15) is 174 Å². The topological polar surface area (TPSA) is 349 Å². The molecule has 6 rings (SSSR count). The molecule has 1 fully saturated rings. The monoisotopic (exact) mass is 1470 g/mol. The first kappa shape index (κ1) is 85.9. The van der Waals surface area contributed by atoms with E-state index in [2.05, 4.69) is 21.3 Å². The number of hydrogen-bond acceptors (Lipinski definition) is 16. The Kier molecular flexibility index (Phi) is 33.3. The Balaban J connectivity index is 1.02. The number of carboxylic acid groups (broad SMARTS) is 1. The van der Waals surface area contributed by atoms with Gasteiger partial charge in [-0.2, -0.15) is 0 Å². The number of rotatable bonds is 42. The summed E-state index contributed by atoms with van der Waals surface area (Å²) in [5.41, 5.74) is 10.9. The number of aliphatic carboxylic acids is 1. The first-order valence-corrected chi connectivity index (χ1v) is 37.2. The van der Waals surface area contributed by atoms with Gasteiger partial charge in [-0.25, -0.2) is 19.2 Å². The van der Waals surface area contributed by atoms with Gasteiger partial charge in [0.15, 0.2) is 11.6 Å². The number of carbonyl (C=O) groups is 11. The highest BCUT2D eigenvalue weighted by Gasteiger charge is 2.44. The largest absolute Gasteiger partial charge is 0.480 e. The highest BCUT2D eigenvalue weighted by molar-refractivity contribution is 5.98. The molecule has 8 N–H and O–H groups in total. The van der Waals surface area contributed by atoms with Crippen LogP contribution in [0.25, 0.3) is 11.1 Å². The zero-order valence-corrected chi connectivity index (χ0v) is 64.2. The number of hydrogen-bond donors (Lipinski definition) is 7. The highest BCUT2D eigenvalue weighted by atomic mass is 16.6. The lowest BCUT2D eigenvalue weighted by Gasteiger charge is -2.41. The predicted octanol–water partition coefficient (Wildman–Crippen LogP) is 10.6. The highest BCUT2D eigenvalue weighted by Crippen LogP contribution is 2.45. The minimum Gasteiger partial charge on any atom is -0.480 e. The van der Waals surface area contributed by atoms with E-state index in [1.807, 2.05) is 120 Å². The average Bonchev–Trinajstić information content (AvgIpc) is 1.62. The number of carboxylic acids is 1. The molecule has 4 aromatic rings. The van der Waals surface area contributed by atoms with Crippen molar-refractivity contribution in [2.75, 3.05) is 53.3 Å². The second-order valence-electron chi connectivity index (χ2n) is 29.6. The van der Waals surface area contributed by atoms with Gasteiger partial charge in [0.25, 0.3) is 0 Å². The maximum absolute atomic E-state index is 14.9. The van der Waals surface area contributed by atoms with Gasteiger partial charge in [0, 0.05) is 96.4 Å². The number of likely N-dealkylation sites (N-methyl/N-ethyl adjacent to an activating group) is 2. The van der Waals surface area contributed by atoms with E-state index in [9.17, 15) is 63.0 Å². The van der Waals surface area contributed by atoms with Crippen LogP contribution in [0.3, 0.4) is 0 Å². The van der Waals surface area contributed by atoms with E-state index >= 15 is 0 Å². The van der Waals surface area contributed by atoms with Gasteiger partial charge in [0.05, 0.1) is 48.9 Å². The lowest BCUT2D eigenvalue weighted by atomic mass is 9.83. The minimum atomic E-state index is -1.50. The number of benzene rings is 4. The van der Waals surface area contributed by atoms with Crippen LogP contribution >= 0.6 is 0 Å². The van der Waals surface area contributed by atoms with E-state index in [0.717, 1.165) is 27.8 Å². The van der Waals surface area contributed by atoms with E-state index in [1.165, 1.54) is 19.1 Å². The molecule has 0 saturated carbocycles. The van der Waals surface area contributed by atoms with E-state index in [0.29, 0.717) is 37.1 Å². The fraction of sp³-hybridized carbons (Fsp3) is 0.568. The molecule has 25 heteroatoms. The summed E-state index contributed by atoms with van der Waals surface area (Å²) < 4.78 is 23.4. The van der Waals surface area contributed by atoms with Crippen molar-refractivity contribution in [3.63, 3.8) is 0 Å². The second-order valence-corrected chi connectivity index (χ2v) is 29.6. The molecule has 0 unspecified atom stereocenters. The van der Waals surface area contributed by atoms with Crippen LogP contribution in [0.15, 0.2) is 103 Å². The number of ether oxygens (including phenoxy) is 4. The van der Waals surface area contributed by atoms with Crippen molar-refractivity contribution in [2.24, 2.45) is 53.1 Å². The Morgan fingerprint density at radius 1 is 0.670 bits per heavy atom. The Bertz CT molecular complexity index is 3580. The number of nitrogens with two attached hydrogens (primary N) is 1. The third kappa shape index (κ3) is 23.5. The van der Waals surface area contributed by atoms with Crippen LogP contribution in [-0.2, 0) is 63.9 Å². The Labute approximate surface area is 624 Å². The number of alkyl carbamates (subject to hydrolysis) is 1. The van der Waals surface area contributed by atoms with Crippen LogP contribution in [0.2, 0.25) is 0 Å². The number of primary amides is 1. The number of urea groups is 1. The van der Waals surface area contributed by atoms with Crippen LogP contribution in [0.5, 0.6) is 0 Å². The number of amides is 8. The van der Waals surface area contributed by atoms with Gasteiger partial charge in [0.2, 0.25) is 23.6 Å². The normalized spacial score (nSPS) is 16.8. The number of methoxy groups -OCH3 is 2. The minimum absolute atomic E-state index is 0.0549. The molecule has 0 spiro atoms. The summed E-state index contributed by atoms with van der Waals surface area (Å²) in [6.45, 7) is 18.6. The van der Waals surface area contributed by atoms with E-state index in [4.69, 9.17) is 24.7 Å². The number of carbonyl (C=O) groups excluding carboxylic acids is 10. The standard InChI is InChI=1S/C81H114N8O17/c1-15-50(8)73(68(103-13)44-70(94)89-40-24-32-64(89)75(104-14)52(10)65(90)41-51(9)74(95)54-25-17-16-18-26-54)87(11)77(97)61(47(2)3)43-67(92)72(49(6)7)88(12)81(102)106-45-53-33-35-56(36-34-53)84-76(96)55(27-23-39-83-79(82)100)42-66(91)71(48(4)5)86-69(93)38-37-63(78(98)99)85-80(101)105-46-62-59-30-21-19-28-57(59)58-29-20-22-31-60(58)62/h16-22,25-26,28-31,33-36,47-52,55,61-64,68,71-75,95H,15,23-24,27,32,37-46H2,1-14H3,(H,84,96)(H,85,101)(H,86,93)(H,98,99)(H3,82,83,100)/t50-,51-,52-,55+,61-,63-,64-,68+,71-,72-,73-,74+,75+/m0/s1. The summed E-state index contributed by atoms with van der Waals surface area (Å²) in [4.78, 5) is 155. The van der Waals surface area contributed by atoms with E-state index < -0.39 is 120 Å².